The van der Waals surface area contributed by atoms with Gasteiger partial charge in [0.05, 0.1) is 11.9 Å². The maximum absolute atomic E-state index is 10.5. The second-order valence-electron chi connectivity index (χ2n) is 4.75. The molecular weight excluding hydrogens is 300 g/mol. The van der Waals surface area contributed by atoms with E-state index in [1.807, 2.05) is 36.5 Å². The summed E-state index contributed by atoms with van der Waals surface area (Å²) >= 11 is 3.34. The highest BCUT2D eigenvalue weighted by molar-refractivity contribution is 7.26. The first-order valence-corrected chi connectivity index (χ1v) is 8.26. The lowest BCUT2D eigenvalue weighted by Crippen LogP contribution is -1.96. The molecule has 5 heteroatoms. The lowest BCUT2D eigenvalue weighted by atomic mass is 10.2. The third kappa shape index (κ3) is 2.29. The topological polar surface area (TPSA) is 38.1 Å². The van der Waals surface area contributed by atoms with Crippen molar-refractivity contribution in [2.24, 2.45) is 0 Å². The Hall–Kier alpha value is -1.95. The first-order valence-electron chi connectivity index (χ1n) is 6.56. The van der Waals surface area contributed by atoms with Crippen molar-refractivity contribution >= 4 is 32.1 Å². The Kier molecular flexibility index (Phi) is 3.11. The lowest BCUT2D eigenvalue weighted by Gasteiger charge is -2.04. The number of aliphatic hydroxyl groups excluding tert-OH is 1. The van der Waals surface area contributed by atoms with Gasteiger partial charge in [0.15, 0.2) is 0 Å². The molecule has 0 aliphatic rings. The zero-order valence-corrected chi connectivity index (χ0v) is 12.6. The molecule has 4 rings (SSSR count). The number of benzene rings is 1. The van der Waals surface area contributed by atoms with Crippen molar-refractivity contribution in [1.82, 2.24) is 9.78 Å². The normalized spacial score (nSPS) is 12.8. The summed E-state index contributed by atoms with van der Waals surface area (Å²) < 4.78 is 4.24. The van der Waals surface area contributed by atoms with E-state index < -0.39 is 6.10 Å². The van der Waals surface area contributed by atoms with E-state index in [9.17, 15) is 5.11 Å². The van der Waals surface area contributed by atoms with E-state index in [4.69, 9.17) is 0 Å². The highest BCUT2D eigenvalue weighted by Gasteiger charge is 2.16. The summed E-state index contributed by atoms with van der Waals surface area (Å²) in [5.41, 5.74) is 1.80. The van der Waals surface area contributed by atoms with Crippen molar-refractivity contribution in [3.63, 3.8) is 0 Å². The van der Waals surface area contributed by atoms with Crippen LogP contribution in [0, 0.1) is 0 Å². The van der Waals surface area contributed by atoms with Gasteiger partial charge in [0.1, 0.15) is 6.10 Å². The minimum absolute atomic E-state index is 0.618. The summed E-state index contributed by atoms with van der Waals surface area (Å²) in [5, 5.41) is 16.9. The van der Waals surface area contributed by atoms with Crippen molar-refractivity contribution in [3.05, 3.63) is 70.7 Å². The van der Waals surface area contributed by atoms with Crippen LogP contribution in [0.4, 0.5) is 0 Å². The molecule has 104 valence electrons. The number of para-hydroxylation sites is 1. The minimum Gasteiger partial charge on any atom is -0.383 e. The van der Waals surface area contributed by atoms with Crippen molar-refractivity contribution in [2.45, 2.75) is 6.10 Å². The molecule has 0 bridgehead atoms. The number of nitrogens with zero attached hydrogens (tertiary/aromatic N) is 2. The molecule has 0 aliphatic heterocycles. The third-order valence-corrected chi connectivity index (χ3v) is 5.51. The van der Waals surface area contributed by atoms with Gasteiger partial charge in [0, 0.05) is 26.0 Å². The monoisotopic (exact) mass is 312 g/mol. The Morgan fingerprint density at radius 1 is 1.10 bits per heavy atom. The fraction of sp³-hybridized carbons (Fsp3) is 0.0625. The van der Waals surface area contributed by atoms with Crippen LogP contribution in [-0.2, 0) is 0 Å². The van der Waals surface area contributed by atoms with E-state index in [0.717, 1.165) is 16.1 Å². The number of aromatic nitrogens is 2. The molecule has 1 unspecified atom stereocenters. The Bertz CT molecular complexity index is 847. The zero-order chi connectivity index (χ0) is 14.2. The van der Waals surface area contributed by atoms with E-state index in [-0.39, 0.29) is 0 Å². The average molecular weight is 312 g/mol. The third-order valence-electron chi connectivity index (χ3n) is 3.37. The first-order chi connectivity index (χ1) is 10.3. The standard InChI is InChI=1S/C16H12N2OS2/c19-16(15-8-14-13(21-15)6-7-20-14)11-9-17-18(10-11)12-4-2-1-3-5-12/h1-10,16,19H. The van der Waals surface area contributed by atoms with Crippen molar-refractivity contribution in [3.8, 4) is 5.69 Å². The van der Waals surface area contributed by atoms with Gasteiger partial charge in [-0.2, -0.15) is 5.10 Å². The summed E-state index contributed by atoms with van der Waals surface area (Å²) in [4.78, 5) is 0.962. The van der Waals surface area contributed by atoms with E-state index in [2.05, 4.69) is 22.6 Å². The van der Waals surface area contributed by atoms with Crippen LogP contribution in [0.3, 0.4) is 0 Å². The van der Waals surface area contributed by atoms with Crippen LogP contribution in [0.1, 0.15) is 16.5 Å². The van der Waals surface area contributed by atoms with Gasteiger partial charge in [-0.3, -0.25) is 0 Å². The van der Waals surface area contributed by atoms with E-state index in [1.165, 1.54) is 9.40 Å². The fourth-order valence-electron chi connectivity index (χ4n) is 2.28. The predicted molar refractivity (Wildman–Crippen MR) is 87.3 cm³/mol. The van der Waals surface area contributed by atoms with E-state index >= 15 is 0 Å². The molecule has 0 spiro atoms. The van der Waals surface area contributed by atoms with Crippen LogP contribution in [0.5, 0.6) is 0 Å². The fourth-order valence-corrected chi connectivity index (χ4v) is 4.42. The van der Waals surface area contributed by atoms with Gasteiger partial charge in [-0.1, -0.05) is 18.2 Å². The van der Waals surface area contributed by atoms with Crippen LogP contribution in [0.15, 0.2) is 60.2 Å². The number of rotatable bonds is 3. The number of hydrogen-bond donors (Lipinski definition) is 1. The largest absolute Gasteiger partial charge is 0.383 e. The molecule has 1 N–H and O–H groups in total. The van der Waals surface area contributed by atoms with Gasteiger partial charge >= 0.3 is 0 Å². The Balaban J connectivity index is 1.67. The molecule has 0 saturated carbocycles. The second-order valence-corrected chi connectivity index (χ2v) is 6.82. The highest BCUT2D eigenvalue weighted by atomic mass is 32.1. The molecule has 4 aromatic rings. The summed E-state index contributed by atoms with van der Waals surface area (Å²) in [6, 6.07) is 14.1. The minimum atomic E-state index is -0.618. The van der Waals surface area contributed by atoms with Crippen LogP contribution in [-0.4, -0.2) is 14.9 Å². The second kappa shape index (κ2) is 5.11. The van der Waals surface area contributed by atoms with Gasteiger partial charge in [-0.05, 0) is 29.6 Å². The van der Waals surface area contributed by atoms with Gasteiger partial charge in [-0.25, -0.2) is 4.68 Å². The Labute approximate surface area is 129 Å². The molecular formula is C16H12N2OS2. The first kappa shape index (κ1) is 12.8. The molecule has 0 saturated heterocycles. The average Bonchev–Trinajstić information content (AvgIpc) is 3.22. The molecule has 0 aliphatic carbocycles. The lowest BCUT2D eigenvalue weighted by molar-refractivity contribution is 0.224. The van der Waals surface area contributed by atoms with Gasteiger partial charge in [-0.15, -0.1) is 22.7 Å². The van der Waals surface area contributed by atoms with Crippen LogP contribution >= 0.6 is 22.7 Å². The maximum atomic E-state index is 10.5. The number of hydrogen-bond acceptors (Lipinski definition) is 4. The van der Waals surface area contributed by atoms with E-state index in [0.29, 0.717) is 0 Å². The van der Waals surface area contributed by atoms with Crippen molar-refractivity contribution < 1.29 is 5.11 Å². The molecule has 3 aromatic heterocycles. The summed E-state index contributed by atoms with van der Waals surface area (Å²) in [6.07, 6.45) is 2.99. The van der Waals surface area contributed by atoms with Crippen LogP contribution in [0.2, 0.25) is 0 Å². The molecule has 3 nitrogen and oxygen atoms in total. The molecule has 21 heavy (non-hydrogen) atoms. The summed E-state index contributed by atoms with van der Waals surface area (Å²) in [7, 11) is 0. The predicted octanol–water partition coefficient (Wildman–Crippen LogP) is 4.23. The Morgan fingerprint density at radius 3 is 2.76 bits per heavy atom. The summed E-state index contributed by atoms with van der Waals surface area (Å²) in [5.74, 6) is 0. The van der Waals surface area contributed by atoms with Gasteiger partial charge < -0.3 is 5.11 Å². The van der Waals surface area contributed by atoms with E-state index in [1.54, 1.807) is 33.6 Å². The molecule has 0 radical (unpaired) electrons. The highest BCUT2D eigenvalue weighted by Crippen LogP contribution is 2.35. The smallest absolute Gasteiger partial charge is 0.116 e. The molecule has 1 aromatic carbocycles. The number of thiophene rings is 2. The summed E-state index contributed by atoms with van der Waals surface area (Å²) in [6.45, 7) is 0. The zero-order valence-electron chi connectivity index (χ0n) is 11.0. The Morgan fingerprint density at radius 2 is 1.95 bits per heavy atom. The van der Waals surface area contributed by atoms with Gasteiger partial charge in [0.25, 0.3) is 0 Å². The van der Waals surface area contributed by atoms with Crippen LogP contribution in [0.25, 0.3) is 15.1 Å². The van der Waals surface area contributed by atoms with Crippen molar-refractivity contribution in [2.75, 3.05) is 0 Å². The number of fused-ring (bicyclic) bond motifs is 1. The molecule has 3 heterocycles. The SMILES string of the molecule is OC(c1cnn(-c2ccccc2)c1)c1cc2sccc2s1. The van der Waals surface area contributed by atoms with Crippen molar-refractivity contribution in [1.29, 1.82) is 0 Å². The maximum Gasteiger partial charge on any atom is 0.116 e. The molecule has 1 atom stereocenters. The van der Waals surface area contributed by atoms with Crippen LogP contribution < -0.4 is 0 Å². The van der Waals surface area contributed by atoms with Gasteiger partial charge in [0.2, 0.25) is 0 Å². The quantitative estimate of drug-likeness (QED) is 0.615. The number of aliphatic hydroxyl groups is 1. The molecule has 0 amide bonds. The molecule has 0 fully saturated rings.